The predicted octanol–water partition coefficient (Wildman–Crippen LogP) is 3.30. The number of aliphatic carboxylic acids is 1. The van der Waals surface area contributed by atoms with Crippen LogP contribution in [-0.2, 0) is 4.79 Å². The van der Waals surface area contributed by atoms with Crippen LogP contribution in [0.1, 0.15) is 23.2 Å². The normalized spacial score (nSPS) is 16.5. The van der Waals surface area contributed by atoms with Gasteiger partial charge in [-0.1, -0.05) is 24.3 Å². The van der Waals surface area contributed by atoms with Gasteiger partial charge in [-0.2, -0.15) is 0 Å². The van der Waals surface area contributed by atoms with E-state index in [9.17, 15) is 14.7 Å². The Hall–Kier alpha value is -3.48. The van der Waals surface area contributed by atoms with E-state index in [1.807, 2.05) is 41.3 Å². The van der Waals surface area contributed by atoms with Crippen LogP contribution in [0.5, 0.6) is 0 Å². The van der Waals surface area contributed by atoms with Crippen molar-refractivity contribution in [1.29, 1.82) is 0 Å². The van der Waals surface area contributed by atoms with Crippen molar-refractivity contribution in [3.8, 4) is 11.1 Å². The van der Waals surface area contributed by atoms with Gasteiger partial charge >= 0.3 is 5.97 Å². The summed E-state index contributed by atoms with van der Waals surface area (Å²) < 4.78 is 0. The minimum absolute atomic E-state index is 0.0612. The minimum Gasteiger partial charge on any atom is -0.481 e. The smallest absolute Gasteiger partial charge is 0.308 e. The summed E-state index contributed by atoms with van der Waals surface area (Å²) in [6.45, 7) is 1.18. The SMILES string of the molecule is CN(C)C(=O)c1cccc(-c2cccc3ncnc(N4CCCC(C(=O)O)C4)c23)c1. The number of benzene rings is 2. The molecule has 1 amide bonds. The first kappa shape index (κ1) is 19.8. The third-order valence-corrected chi connectivity index (χ3v) is 5.54. The lowest BCUT2D eigenvalue weighted by molar-refractivity contribution is -0.141. The molecule has 1 aliphatic heterocycles. The van der Waals surface area contributed by atoms with E-state index < -0.39 is 11.9 Å². The summed E-state index contributed by atoms with van der Waals surface area (Å²) in [5.74, 6) is -0.495. The minimum atomic E-state index is -0.770. The number of fused-ring (bicyclic) bond motifs is 1. The molecule has 4 rings (SSSR count). The Balaban J connectivity index is 1.84. The van der Waals surface area contributed by atoms with Gasteiger partial charge in [-0.3, -0.25) is 9.59 Å². The van der Waals surface area contributed by atoms with Gasteiger partial charge in [0.15, 0.2) is 0 Å². The number of piperidine rings is 1. The molecule has 0 bridgehead atoms. The van der Waals surface area contributed by atoms with Gasteiger partial charge in [0.25, 0.3) is 5.91 Å². The maximum absolute atomic E-state index is 12.4. The van der Waals surface area contributed by atoms with Crippen LogP contribution in [0.2, 0.25) is 0 Å². The second-order valence-corrected chi connectivity index (χ2v) is 7.80. The van der Waals surface area contributed by atoms with Crippen LogP contribution in [0.4, 0.5) is 5.82 Å². The number of hydrogen-bond acceptors (Lipinski definition) is 5. The quantitative estimate of drug-likeness (QED) is 0.718. The van der Waals surface area contributed by atoms with Crippen LogP contribution >= 0.6 is 0 Å². The molecule has 2 heterocycles. The monoisotopic (exact) mass is 404 g/mol. The molecule has 0 spiro atoms. The number of carbonyl (C=O) groups is 2. The number of amides is 1. The molecule has 0 aliphatic carbocycles. The Morgan fingerprint density at radius 3 is 2.70 bits per heavy atom. The number of anilines is 1. The highest BCUT2D eigenvalue weighted by atomic mass is 16.4. The Morgan fingerprint density at radius 1 is 1.13 bits per heavy atom. The lowest BCUT2D eigenvalue weighted by Gasteiger charge is -2.32. The van der Waals surface area contributed by atoms with Crippen molar-refractivity contribution >= 4 is 28.6 Å². The van der Waals surface area contributed by atoms with Crippen molar-refractivity contribution in [3.05, 3.63) is 54.4 Å². The van der Waals surface area contributed by atoms with Crippen molar-refractivity contribution in [2.24, 2.45) is 5.92 Å². The number of aromatic nitrogens is 2. The fraction of sp³-hybridized carbons (Fsp3) is 0.304. The van der Waals surface area contributed by atoms with Crippen LogP contribution in [0.25, 0.3) is 22.0 Å². The molecule has 0 saturated carbocycles. The first-order valence-electron chi connectivity index (χ1n) is 9.99. The maximum Gasteiger partial charge on any atom is 0.308 e. The van der Waals surface area contributed by atoms with Gasteiger partial charge in [-0.25, -0.2) is 9.97 Å². The van der Waals surface area contributed by atoms with Gasteiger partial charge in [-0.05, 0) is 42.2 Å². The van der Waals surface area contributed by atoms with E-state index in [1.54, 1.807) is 25.1 Å². The second kappa shape index (κ2) is 8.10. The maximum atomic E-state index is 12.4. The number of nitrogens with zero attached hydrogens (tertiary/aromatic N) is 4. The molecule has 3 aromatic rings. The molecule has 1 aromatic heterocycles. The fourth-order valence-electron chi connectivity index (χ4n) is 4.02. The molecule has 7 nitrogen and oxygen atoms in total. The summed E-state index contributed by atoms with van der Waals surface area (Å²) >= 11 is 0. The molecule has 1 N–H and O–H groups in total. The molecule has 2 aromatic carbocycles. The lowest BCUT2D eigenvalue weighted by atomic mass is 9.96. The molecule has 1 aliphatic rings. The molecule has 1 saturated heterocycles. The first-order valence-corrected chi connectivity index (χ1v) is 9.99. The Labute approximate surface area is 175 Å². The standard InChI is InChI=1S/C23H24N4O3/c1-26(2)22(28)16-7-3-6-15(12-16)18-9-4-10-19-20(18)21(25-14-24-19)27-11-5-8-17(13-27)23(29)30/h3-4,6-7,9-10,12,14,17H,5,8,11,13H2,1-2H3,(H,29,30). The van der Waals surface area contributed by atoms with Crippen LogP contribution < -0.4 is 4.90 Å². The topological polar surface area (TPSA) is 86.6 Å². The summed E-state index contributed by atoms with van der Waals surface area (Å²) in [4.78, 5) is 36.6. The molecular formula is C23H24N4O3. The van der Waals surface area contributed by atoms with Crippen molar-refractivity contribution in [2.75, 3.05) is 32.1 Å². The van der Waals surface area contributed by atoms with E-state index in [4.69, 9.17) is 0 Å². The Bertz CT molecular complexity index is 1110. The Morgan fingerprint density at radius 2 is 1.93 bits per heavy atom. The average molecular weight is 404 g/mol. The number of carboxylic acid groups (broad SMARTS) is 1. The number of rotatable bonds is 4. The number of carbonyl (C=O) groups excluding carboxylic acids is 1. The third kappa shape index (κ3) is 3.70. The molecular weight excluding hydrogens is 380 g/mol. The summed E-state index contributed by atoms with van der Waals surface area (Å²) in [6, 6.07) is 13.4. The highest BCUT2D eigenvalue weighted by Crippen LogP contribution is 2.35. The van der Waals surface area contributed by atoms with Crippen LogP contribution in [-0.4, -0.2) is 59.0 Å². The molecule has 1 fully saturated rings. The third-order valence-electron chi connectivity index (χ3n) is 5.54. The van der Waals surface area contributed by atoms with Crippen molar-refractivity contribution in [3.63, 3.8) is 0 Å². The van der Waals surface area contributed by atoms with Crippen LogP contribution in [0.15, 0.2) is 48.8 Å². The van der Waals surface area contributed by atoms with E-state index in [-0.39, 0.29) is 5.91 Å². The van der Waals surface area contributed by atoms with Crippen LogP contribution in [0, 0.1) is 5.92 Å². The van der Waals surface area contributed by atoms with Gasteiger partial charge in [0, 0.05) is 32.7 Å². The molecule has 30 heavy (non-hydrogen) atoms. The van der Waals surface area contributed by atoms with Crippen molar-refractivity contribution in [1.82, 2.24) is 14.9 Å². The summed E-state index contributed by atoms with van der Waals surface area (Å²) in [6.07, 6.45) is 3.01. The van der Waals surface area contributed by atoms with E-state index in [0.717, 1.165) is 40.8 Å². The van der Waals surface area contributed by atoms with Gasteiger partial charge in [-0.15, -0.1) is 0 Å². The molecule has 7 heteroatoms. The molecule has 1 unspecified atom stereocenters. The van der Waals surface area contributed by atoms with E-state index >= 15 is 0 Å². The molecule has 154 valence electrons. The Kier molecular flexibility index (Phi) is 5.35. The van der Waals surface area contributed by atoms with Crippen molar-refractivity contribution in [2.45, 2.75) is 12.8 Å². The highest BCUT2D eigenvalue weighted by Gasteiger charge is 2.27. The zero-order valence-electron chi connectivity index (χ0n) is 17.1. The first-order chi connectivity index (χ1) is 14.5. The van der Waals surface area contributed by atoms with E-state index in [2.05, 4.69) is 9.97 Å². The second-order valence-electron chi connectivity index (χ2n) is 7.80. The van der Waals surface area contributed by atoms with Gasteiger partial charge in [0.2, 0.25) is 0 Å². The summed E-state index contributed by atoms with van der Waals surface area (Å²) in [5, 5.41) is 10.4. The zero-order valence-corrected chi connectivity index (χ0v) is 17.1. The van der Waals surface area contributed by atoms with Crippen molar-refractivity contribution < 1.29 is 14.7 Å². The highest BCUT2D eigenvalue weighted by molar-refractivity contribution is 6.03. The predicted molar refractivity (Wildman–Crippen MR) is 116 cm³/mol. The summed E-state index contributed by atoms with van der Waals surface area (Å²) in [5.41, 5.74) is 3.22. The van der Waals surface area contributed by atoms with E-state index in [1.165, 1.54) is 6.33 Å². The molecule has 1 atom stereocenters. The van der Waals surface area contributed by atoms with Gasteiger partial charge in [0.1, 0.15) is 12.1 Å². The van der Waals surface area contributed by atoms with Crippen LogP contribution in [0.3, 0.4) is 0 Å². The fourth-order valence-corrected chi connectivity index (χ4v) is 4.02. The lowest BCUT2D eigenvalue weighted by Crippen LogP contribution is -2.39. The zero-order chi connectivity index (χ0) is 21.3. The number of hydrogen-bond donors (Lipinski definition) is 1. The van der Waals surface area contributed by atoms with E-state index in [0.29, 0.717) is 18.5 Å². The largest absolute Gasteiger partial charge is 0.481 e. The number of carboxylic acids is 1. The summed E-state index contributed by atoms with van der Waals surface area (Å²) in [7, 11) is 3.46. The van der Waals surface area contributed by atoms with Gasteiger partial charge in [0.05, 0.1) is 16.8 Å². The molecule has 0 radical (unpaired) electrons. The average Bonchev–Trinajstić information content (AvgIpc) is 2.77. The van der Waals surface area contributed by atoms with Gasteiger partial charge < -0.3 is 14.9 Å².